The fourth-order valence-electron chi connectivity index (χ4n) is 8.05. The van der Waals surface area contributed by atoms with Gasteiger partial charge in [0.1, 0.15) is 47.8 Å². The molecule has 29 heteroatoms. The van der Waals surface area contributed by atoms with Gasteiger partial charge in [0.15, 0.2) is 5.96 Å². The van der Waals surface area contributed by atoms with E-state index in [0.717, 1.165) is 6.07 Å². The summed E-state index contributed by atoms with van der Waals surface area (Å²) in [7, 11) is 0. The molecule has 8 atom stereocenters. The van der Waals surface area contributed by atoms with E-state index in [1.54, 1.807) is 0 Å². The quantitative estimate of drug-likeness (QED) is 0.0128. The highest BCUT2D eigenvalue weighted by atomic mass is 19.1. The smallest absolute Gasteiger partial charge is 0.352 e. The Morgan fingerprint density at radius 3 is 1.92 bits per heavy atom. The van der Waals surface area contributed by atoms with E-state index in [9.17, 15) is 53.4 Å². The van der Waals surface area contributed by atoms with Crippen LogP contribution < -0.4 is 83.1 Å². The Hall–Kier alpha value is -6.89. The molecule has 1 aromatic rings. The molecule has 0 spiro atoms. The van der Waals surface area contributed by atoms with Crippen molar-refractivity contribution in [2.45, 2.75) is 138 Å². The van der Waals surface area contributed by atoms with E-state index in [1.807, 2.05) is 0 Å². The largest absolute Gasteiger partial charge is 0.477 e. The van der Waals surface area contributed by atoms with Crippen molar-refractivity contribution >= 4 is 59.2 Å². The predicted molar refractivity (Wildman–Crippen MR) is 282 cm³/mol. The van der Waals surface area contributed by atoms with Gasteiger partial charge in [0.2, 0.25) is 47.3 Å². The van der Waals surface area contributed by atoms with Gasteiger partial charge >= 0.3 is 5.97 Å². The summed E-state index contributed by atoms with van der Waals surface area (Å²) in [5, 5.41) is 37.7. The summed E-state index contributed by atoms with van der Waals surface area (Å²) in [5.41, 5.74) is 44.4. The van der Waals surface area contributed by atoms with Gasteiger partial charge in [-0.05, 0) is 115 Å². The van der Waals surface area contributed by atoms with Crippen molar-refractivity contribution in [2.75, 3.05) is 52.4 Å². The number of aliphatic hydroxyl groups excluding tert-OH is 1. The molecular weight excluding hydrogens is 1010 g/mol. The molecule has 1 aromatic carbocycles. The first kappa shape index (κ1) is 66.2. The minimum atomic E-state index is -1.61. The van der Waals surface area contributed by atoms with Gasteiger partial charge in [0.25, 0.3) is 0 Å². The lowest BCUT2D eigenvalue weighted by atomic mass is 10.0. The third-order valence-electron chi connectivity index (χ3n) is 12.3. The molecule has 0 saturated carbocycles. The fraction of sp³-hybridized carbons (Fsp3) is 0.625. The SMILES string of the molecule is NCCCC[C@H](NC(=O)[C@H](Cc1ccccc1F)NC(=O)[C@@H]1CCCN1C(=O)[C@@H](CCCN)NC(=O)CNC(=O)[C@H](CCCN)NC(=O)[C@@H](NC(=O)[C@@H](N)CCCCN)[C@@H](O)CN)C(=O)N/C(=C\CCN=C(N)N)C(=O)O. The highest BCUT2D eigenvalue weighted by Crippen LogP contribution is 2.21. The van der Waals surface area contributed by atoms with E-state index in [2.05, 4.69) is 42.2 Å². The van der Waals surface area contributed by atoms with Gasteiger partial charge < -0.3 is 98.2 Å². The van der Waals surface area contributed by atoms with Crippen LogP contribution in [0.5, 0.6) is 0 Å². The van der Waals surface area contributed by atoms with E-state index in [1.165, 1.54) is 29.2 Å². The number of amides is 8. The number of carbonyl (C=O) groups excluding carboxylic acids is 8. The molecule has 28 nitrogen and oxygen atoms in total. The van der Waals surface area contributed by atoms with Crippen molar-refractivity contribution in [3.8, 4) is 0 Å². The minimum absolute atomic E-state index is 0.00324. The summed E-state index contributed by atoms with van der Waals surface area (Å²) in [6, 6.07) is -3.85. The van der Waals surface area contributed by atoms with Crippen LogP contribution in [0.2, 0.25) is 0 Å². The van der Waals surface area contributed by atoms with E-state index in [0.29, 0.717) is 38.6 Å². The number of hydrogen-bond donors (Lipinski definition) is 17. The third-order valence-corrected chi connectivity index (χ3v) is 12.3. The number of unbranched alkanes of at least 4 members (excludes halogenated alkanes) is 2. The molecular formula is C48H82FN17O11. The van der Waals surface area contributed by atoms with E-state index < -0.39 is 133 Å². The second-order valence-electron chi connectivity index (χ2n) is 18.3. The number of carboxylic acid groups (broad SMARTS) is 1. The number of nitrogens with two attached hydrogens (primary N) is 8. The van der Waals surface area contributed by atoms with Crippen molar-refractivity contribution < 1.29 is 57.8 Å². The number of aliphatic carboxylic acids is 1. The highest BCUT2D eigenvalue weighted by Gasteiger charge is 2.40. The van der Waals surface area contributed by atoms with Crippen molar-refractivity contribution in [2.24, 2.45) is 50.9 Å². The van der Waals surface area contributed by atoms with Crippen molar-refractivity contribution in [1.82, 2.24) is 42.1 Å². The standard InChI is InChI=1S/C48H82FN17O11/c49-29-12-2-1-11-28(29)25-35(43(72)61-32(14-4-6-20-51)42(71)63-34(47(76)77)17-9-23-58-48(56)57)64-44(73)36-18-10-24-66(36)46(75)33(16-8-22-53)60-38(68)27-59-41(70)31(15-7-21-52)62-45(74)39(37(67)26-54)65-40(69)30(55)13-3-5-19-50/h1-2,11-12,17,30-33,35-37,39,67H,3-10,13-16,18-27,50-55H2,(H,59,70)(H,60,68)(H,61,72)(H,62,74)(H,63,71)(H,64,73)(H,65,69)(H,76,77)(H4,56,57,58)/b34-17-/t30-,31-,32-,33+,35-,36-,37-,39-/m0/s1. The molecule has 0 unspecified atom stereocenters. The zero-order valence-corrected chi connectivity index (χ0v) is 43.5. The van der Waals surface area contributed by atoms with Crippen LogP contribution >= 0.6 is 0 Å². The van der Waals surface area contributed by atoms with Crippen LogP contribution in [0.25, 0.3) is 0 Å². The van der Waals surface area contributed by atoms with Crippen LogP contribution in [0.3, 0.4) is 0 Å². The number of hydrogen-bond acceptors (Lipinski definition) is 17. The third kappa shape index (κ3) is 23.9. The number of benzene rings is 1. The average molecular weight is 1090 g/mol. The molecule has 0 radical (unpaired) electrons. The van der Waals surface area contributed by atoms with Gasteiger partial charge in [0, 0.05) is 26.1 Å². The average Bonchev–Trinajstić information content (AvgIpc) is 3.90. The number of aliphatic imine (C=N–C) groups is 1. The number of nitrogens with one attached hydrogen (secondary N) is 7. The van der Waals surface area contributed by atoms with Crippen LogP contribution in [0.1, 0.15) is 89.0 Å². The first-order chi connectivity index (χ1) is 36.7. The molecule has 1 aliphatic rings. The minimum Gasteiger partial charge on any atom is -0.477 e. The summed E-state index contributed by atoms with van der Waals surface area (Å²) in [6.07, 6.45) is 2.22. The van der Waals surface area contributed by atoms with Crippen molar-refractivity contribution in [3.63, 3.8) is 0 Å². The maximum atomic E-state index is 15.1. The van der Waals surface area contributed by atoms with Crippen LogP contribution in [-0.4, -0.2) is 175 Å². The van der Waals surface area contributed by atoms with Gasteiger partial charge in [0.05, 0.1) is 18.7 Å². The van der Waals surface area contributed by atoms with E-state index in [-0.39, 0.29) is 95.6 Å². The molecule has 0 aliphatic carbocycles. The zero-order chi connectivity index (χ0) is 57.5. The number of nitrogens with zero attached hydrogens (tertiary/aromatic N) is 2. The Balaban J connectivity index is 2.32. The first-order valence-corrected chi connectivity index (χ1v) is 25.8. The van der Waals surface area contributed by atoms with Crippen molar-refractivity contribution in [3.05, 3.63) is 47.4 Å². The lowest BCUT2D eigenvalue weighted by Crippen LogP contribution is -2.61. The van der Waals surface area contributed by atoms with Gasteiger partial charge in [-0.1, -0.05) is 30.7 Å². The molecule has 1 heterocycles. The summed E-state index contributed by atoms with van der Waals surface area (Å²) < 4.78 is 15.1. The maximum Gasteiger partial charge on any atom is 0.352 e. The summed E-state index contributed by atoms with van der Waals surface area (Å²) >= 11 is 0. The summed E-state index contributed by atoms with van der Waals surface area (Å²) in [5.74, 6) is -9.18. The molecule has 1 aliphatic heterocycles. The molecule has 77 heavy (non-hydrogen) atoms. The lowest BCUT2D eigenvalue weighted by Gasteiger charge is -2.30. The number of likely N-dealkylation sites (tertiary alicyclic amines) is 1. The molecule has 1 saturated heterocycles. The maximum absolute atomic E-state index is 15.1. The van der Waals surface area contributed by atoms with Crippen molar-refractivity contribution in [1.29, 1.82) is 0 Å². The molecule has 0 aromatic heterocycles. The number of carbonyl (C=O) groups is 9. The van der Waals surface area contributed by atoms with Gasteiger partial charge in [-0.3, -0.25) is 43.3 Å². The molecule has 432 valence electrons. The second kappa shape index (κ2) is 36.2. The topological polar surface area (TPSA) is 502 Å². The predicted octanol–water partition coefficient (Wildman–Crippen LogP) is -5.97. The summed E-state index contributed by atoms with van der Waals surface area (Å²) in [6.45, 7) is -0.239. The number of guanidine groups is 1. The van der Waals surface area contributed by atoms with Crippen LogP contribution in [0.4, 0.5) is 4.39 Å². The Morgan fingerprint density at radius 1 is 0.714 bits per heavy atom. The summed E-state index contributed by atoms with van der Waals surface area (Å²) in [4.78, 5) is 127. The Kier molecular flexibility index (Phi) is 31.1. The number of aliphatic hydroxyl groups is 1. The molecule has 1 fully saturated rings. The van der Waals surface area contributed by atoms with E-state index >= 15 is 4.39 Å². The number of halogens is 1. The highest BCUT2D eigenvalue weighted by molar-refractivity contribution is 5.99. The monoisotopic (exact) mass is 1090 g/mol. The Morgan fingerprint density at radius 2 is 1.31 bits per heavy atom. The van der Waals surface area contributed by atoms with Gasteiger partial charge in [-0.15, -0.1) is 0 Å². The number of carboxylic acids is 1. The fourth-order valence-corrected chi connectivity index (χ4v) is 8.05. The first-order valence-electron chi connectivity index (χ1n) is 25.8. The van der Waals surface area contributed by atoms with E-state index in [4.69, 9.17) is 45.9 Å². The van der Waals surface area contributed by atoms with Crippen LogP contribution in [0, 0.1) is 5.82 Å². The van der Waals surface area contributed by atoms with Crippen LogP contribution in [0.15, 0.2) is 41.0 Å². The lowest BCUT2D eigenvalue weighted by molar-refractivity contribution is -0.142. The molecule has 8 amide bonds. The molecule has 25 N–H and O–H groups in total. The number of rotatable bonds is 37. The van der Waals surface area contributed by atoms with Gasteiger partial charge in [-0.25, -0.2) is 9.18 Å². The zero-order valence-electron chi connectivity index (χ0n) is 43.5. The van der Waals surface area contributed by atoms with Gasteiger partial charge in [-0.2, -0.15) is 0 Å². The normalized spacial score (nSPS) is 16.0. The Labute approximate surface area is 446 Å². The van der Waals surface area contributed by atoms with Crippen LogP contribution in [-0.2, 0) is 49.6 Å². The molecule has 2 rings (SSSR count). The Bertz CT molecular complexity index is 2170. The molecule has 0 bridgehead atoms. The second-order valence-corrected chi connectivity index (χ2v) is 18.3.